The third-order valence-corrected chi connectivity index (χ3v) is 9.91. The van der Waals surface area contributed by atoms with Gasteiger partial charge in [0.15, 0.2) is 0 Å². The van der Waals surface area contributed by atoms with Crippen molar-refractivity contribution in [3.05, 3.63) is 144 Å². The van der Waals surface area contributed by atoms with Crippen LogP contribution in [0.3, 0.4) is 0 Å². The van der Waals surface area contributed by atoms with Gasteiger partial charge < -0.3 is 19.3 Å². The number of hydrogen-bond donors (Lipinski definition) is 1. The largest absolute Gasteiger partial charge is 0.460 e. The predicted molar refractivity (Wildman–Crippen MR) is 197 cm³/mol. The summed E-state index contributed by atoms with van der Waals surface area (Å²) in [5, 5.41) is 15.6. The molecule has 5 heteroatoms. The number of furan rings is 1. The Bertz CT molecular complexity index is 2860. The van der Waals surface area contributed by atoms with Crippen molar-refractivity contribution in [1.82, 2.24) is 9.13 Å². The second-order valence-corrected chi connectivity index (χ2v) is 12.6. The van der Waals surface area contributed by atoms with E-state index >= 15 is 0 Å². The Morgan fingerprint density at radius 3 is 2.35 bits per heavy atom. The molecule has 1 aliphatic rings. The molecule has 0 bridgehead atoms. The number of nitriles is 1. The lowest BCUT2D eigenvalue weighted by atomic mass is 9.98. The van der Waals surface area contributed by atoms with E-state index in [-0.39, 0.29) is 0 Å². The van der Waals surface area contributed by atoms with Crippen molar-refractivity contribution in [2.45, 2.75) is 12.8 Å². The van der Waals surface area contributed by atoms with E-state index < -0.39 is 0 Å². The van der Waals surface area contributed by atoms with Gasteiger partial charge in [0.25, 0.3) is 0 Å². The van der Waals surface area contributed by atoms with Gasteiger partial charge >= 0.3 is 0 Å². The van der Waals surface area contributed by atoms with Crippen LogP contribution in [0, 0.1) is 11.3 Å². The van der Waals surface area contributed by atoms with Gasteiger partial charge in [0, 0.05) is 50.5 Å². The molecule has 9 aromatic rings. The smallest absolute Gasteiger partial charge is 0.144 e. The zero-order valence-corrected chi connectivity index (χ0v) is 25.9. The summed E-state index contributed by atoms with van der Waals surface area (Å²) in [7, 11) is 0. The highest BCUT2D eigenvalue weighted by Crippen LogP contribution is 2.43. The molecule has 10 rings (SSSR count). The Hall–Kier alpha value is -6.51. The number of aromatic nitrogens is 2. The number of benzene rings is 6. The third-order valence-electron chi connectivity index (χ3n) is 9.91. The van der Waals surface area contributed by atoms with Gasteiger partial charge in [-0.2, -0.15) is 5.26 Å². The number of anilines is 1. The maximum absolute atomic E-state index is 10.1. The van der Waals surface area contributed by atoms with Gasteiger partial charge in [-0.1, -0.05) is 54.6 Å². The summed E-state index contributed by atoms with van der Waals surface area (Å²) in [5.41, 5.74) is 18.2. The van der Waals surface area contributed by atoms with Crippen LogP contribution in [0.4, 0.5) is 5.69 Å². The second-order valence-electron chi connectivity index (χ2n) is 12.6. The minimum atomic E-state index is 0.610. The van der Waals surface area contributed by atoms with Crippen LogP contribution in [0.25, 0.3) is 83.2 Å². The highest BCUT2D eigenvalue weighted by Gasteiger charge is 2.23. The molecule has 0 unspecified atom stereocenters. The monoisotopic (exact) mass is 616 g/mol. The summed E-state index contributed by atoms with van der Waals surface area (Å²) in [5.74, 6) is 1.05. The zero-order chi connectivity index (χ0) is 31.9. The molecule has 2 N–H and O–H groups in total. The number of allylic oxidation sites excluding steroid dienone is 1. The van der Waals surface area contributed by atoms with Crippen LogP contribution in [-0.4, -0.2) is 9.13 Å². The molecule has 3 heterocycles. The van der Waals surface area contributed by atoms with Crippen LogP contribution in [0.2, 0.25) is 0 Å². The number of aryl methyl sites for hydroxylation is 1. The maximum atomic E-state index is 10.1. The minimum Gasteiger partial charge on any atom is -0.460 e. The van der Waals surface area contributed by atoms with Crippen molar-refractivity contribution in [3.8, 4) is 28.6 Å². The van der Waals surface area contributed by atoms with Crippen molar-refractivity contribution in [3.63, 3.8) is 0 Å². The average Bonchev–Trinajstić information content (AvgIpc) is 3.79. The molecule has 0 radical (unpaired) electrons. The first-order valence-corrected chi connectivity index (χ1v) is 16.3. The van der Waals surface area contributed by atoms with Gasteiger partial charge in [-0.3, -0.25) is 0 Å². The average molecular weight is 617 g/mol. The molecule has 6 aromatic carbocycles. The molecule has 3 aromatic heterocycles. The molecule has 0 aliphatic heterocycles. The number of para-hydroxylation sites is 2. The van der Waals surface area contributed by atoms with Crippen LogP contribution in [0.15, 0.2) is 132 Å². The van der Waals surface area contributed by atoms with Crippen molar-refractivity contribution < 1.29 is 4.42 Å². The molecular formula is C43H28N4O. The van der Waals surface area contributed by atoms with Gasteiger partial charge in [0.05, 0.1) is 44.8 Å². The third kappa shape index (κ3) is 3.72. The molecule has 5 nitrogen and oxygen atoms in total. The van der Waals surface area contributed by atoms with Crippen LogP contribution in [0.5, 0.6) is 0 Å². The first-order chi connectivity index (χ1) is 23.7. The Morgan fingerprint density at radius 1 is 0.667 bits per heavy atom. The van der Waals surface area contributed by atoms with Crippen molar-refractivity contribution in [2.24, 2.45) is 0 Å². The van der Waals surface area contributed by atoms with Crippen molar-refractivity contribution in [1.29, 1.82) is 5.26 Å². The number of nitrogen functional groups attached to an aromatic ring is 1. The summed E-state index contributed by atoms with van der Waals surface area (Å²) in [4.78, 5) is 0. The lowest BCUT2D eigenvalue weighted by Gasteiger charge is -2.15. The summed E-state index contributed by atoms with van der Waals surface area (Å²) >= 11 is 0. The lowest BCUT2D eigenvalue weighted by Crippen LogP contribution is -1.98. The van der Waals surface area contributed by atoms with E-state index in [0.717, 1.165) is 101 Å². The van der Waals surface area contributed by atoms with E-state index in [1.807, 2.05) is 30.3 Å². The van der Waals surface area contributed by atoms with Gasteiger partial charge in [-0.15, -0.1) is 0 Å². The Labute approximate surface area is 276 Å². The standard InChI is InChI=1S/C43H28N4O/c44-25-26-14-18-37(47-36-12-6-4-10-30(36)34-24-28(45)16-20-38(34)47)33(22-26)27-15-19-39-35(23-27)42-40(46(39)29-8-2-1-3-9-29)21-17-32-31-11-5-7-13-41(31)48-43(32)42/h1-6,8-12,14-24H,7,13,45H2. The van der Waals surface area contributed by atoms with Gasteiger partial charge in [0.2, 0.25) is 0 Å². The maximum Gasteiger partial charge on any atom is 0.144 e. The first-order valence-electron chi connectivity index (χ1n) is 16.3. The Balaban J connectivity index is 1.31. The fourth-order valence-electron chi connectivity index (χ4n) is 7.82. The summed E-state index contributed by atoms with van der Waals surface area (Å²) in [6.45, 7) is 0. The number of fused-ring (bicyclic) bond motifs is 10. The van der Waals surface area contributed by atoms with E-state index in [4.69, 9.17) is 10.2 Å². The molecule has 1 aliphatic carbocycles. The van der Waals surface area contributed by atoms with E-state index in [9.17, 15) is 5.26 Å². The fraction of sp³-hybridized carbons (Fsp3) is 0.0465. The molecule has 0 fully saturated rings. The molecule has 48 heavy (non-hydrogen) atoms. The number of nitrogens with zero attached hydrogens (tertiary/aromatic N) is 3. The fourth-order valence-corrected chi connectivity index (χ4v) is 7.82. The first kappa shape index (κ1) is 26.7. The quantitative estimate of drug-likeness (QED) is 0.201. The molecule has 0 amide bonds. The van der Waals surface area contributed by atoms with E-state index in [1.165, 1.54) is 5.56 Å². The molecule has 226 valence electrons. The van der Waals surface area contributed by atoms with Crippen LogP contribution in [-0.2, 0) is 6.42 Å². The summed E-state index contributed by atoms with van der Waals surface area (Å²) < 4.78 is 11.3. The highest BCUT2D eigenvalue weighted by molar-refractivity contribution is 6.21. The Morgan fingerprint density at radius 2 is 1.46 bits per heavy atom. The summed E-state index contributed by atoms with van der Waals surface area (Å²) in [6.07, 6.45) is 6.33. The van der Waals surface area contributed by atoms with Crippen molar-refractivity contribution >= 4 is 66.3 Å². The van der Waals surface area contributed by atoms with Crippen LogP contribution in [0.1, 0.15) is 23.3 Å². The molecular weight excluding hydrogens is 589 g/mol. The number of nitrogens with two attached hydrogens (primary N) is 1. The SMILES string of the molecule is N#Cc1ccc(-n2c3ccccc3c3cc(N)ccc32)c(-c2ccc3c(c2)c2c4oc5c(c4ccc2n3-c2ccccc2)C=CCC5)c1. The summed E-state index contributed by atoms with van der Waals surface area (Å²) in [6, 6.07) is 44.5. The highest BCUT2D eigenvalue weighted by atomic mass is 16.3. The van der Waals surface area contributed by atoms with Crippen LogP contribution < -0.4 is 5.73 Å². The predicted octanol–water partition coefficient (Wildman–Crippen LogP) is 10.7. The van der Waals surface area contributed by atoms with Crippen LogP contribution >= 0.6 is 0 Å². The molecule has 0 atom stereocenters. The molecule has 0 spiro atoms. The van der Waals surface area contributed by atoms with Gasteiger partial charge in [-0.25, -0.2) is 0 Å². The normalized spacial score (nSPS) is 12.8. The zero-order valence-electron chi connectivity index (χ0n) is 25.9. The number of hydrogen-bond acceptors (Lipinski definition) is 3. The Kier molecular flexibility index (Phi) is 5.55. The second kappa shape index (κ2) is 9.99. The van der Waals surface area contributed by atoms with Gasteiger partial charge in [0.1, 0.15) is 11.3 Å². The molecule has 0 saturated carbocycles. The van der Waals surface area contributed by atoms with Crippen molar-refractivity contribution in [2.75, 3.05) is 5.73 Å². The van der Waals surface area contributed by atoms with E-state index in [0.29, 0.717) is 5.56 Å². The molecule has 0 saturated heterocycles. The van der Waals surface area contributed by atoms with Gasteiger partial charge in [-0.05, 0) is 90.8 Å². The lowest BCUT2D eigenvalue weighted by molar-refractivity contribution is 0.549. The van der Waals surface area contributed by atoms with E-state index in [2.05, 4.69) is 118 Å². The van der Waals surface area contributed by atoms with E-state index in [1.54, 1.807) is 0 Å². The topological polar surface area (TPSA) is 72.8 Å². The number of rotatable bonds is 3. The minimum absolute atomic E-state index is 0.610.